The molecule has 0 spiro atoms. The van der Waals surface area contributed by atoms with E-state index in [0.29, 0.717) is 11.3 Å². The molecule has 8 nitrogen and oxygen atoms in total. The quantitative estimate of drug-likeness (QED) is 0.156. The summed E-state index contributed by atoms with van der Waals surface area (Å²) >= 11 is 0. The summed E-state index contributed by atoms with van der Waals surface area (Å²) in [5.74, 6) is -1.12. The van der Waals surface area contributed by atoms with Crippen LogP contribution in [0.3, 0.4) is 0 Å². The monoisotopic (exact) mass is 484 g/mol. The van der Waals surface area contributed by atoms with Crippen molar-refractivity contribution >= 4 is 29.3 Å². The van der Waals surface area contributed by atoms with Gasteiger partial charge in [0.25, 0.3) is 17.5 Å². The minimum absolute atomic E-state index is 0.0422. The fraction of sp³-hybridized carbons (Fsp3) is 0.214. The number of amides is 2. The summed E-state index contributed by atoms with van der Waals surface area (Å²) < 4.78 is 0. The summed E-state index contributed by atoms with van der Waals surface area (Å²) in [5.41, 5.74) is 2.58. The average molecular weight is 485 g/mol. The molecule has 0 atom stereocenters. The van der Waals surface area contributed by atoms with E-state index in [2.05, 4.69) is 10.6 Å². The Kier molecular flexibility index (Phi) is 8.08. The standard InChI is InChI=1S/C28H28N4O4/c33-27(29-19-21-9-3-1-4-10-21)24(28(34)30-20-22-11-5-2-6-12-22)17-23-13-14-25(26(18-23)32(35)36)31-15-7-8-16-31/h1-6,9-14,17-18H,7-8,15-16,19-20H2,(H,29,33)(H,30,34). The first-order chi connectivity index (χ1) is 17.5. The number of nitro benzene ring substituents is 1. The third-order valence-corrected chi connectivity index (χ3v) is 6.03. The molecule has 0 saturated carbocycles. The number of hydrogen-bond acceptors (Lipinski definition) is 5. The van der Waals surface area contributed by atoms with Crippen molar-refractivity contribution in [2.75, 3.05) is 18.0 Å². The first-order valence-corrected chi connectivity index (χ1v) is 11.9. The lowest BCUT2D eigenvalue weighted by Gasteiger charge is -2.17. The SMILES string of the molecule is O=C(NCc1ccccc1)C(=Cc1ccc(N2CCCC2)c([N+](=O)[O-])c1)C(=O)NCc1ccccc1. The molecule has 0 bridgehead atoms. The Bertz CT molecular complexity index is 1200. The molecular weight excluding hydrogens is 456 g/mol. The van der Waals surface area contributed by atoms with Crippen LogP contribution in [0.15, 0.2) is 84.4 Å². The van der Waals surface area contributed by atoms with Crippen molar-refractivity contribution in [3.05, 3.63) is 111 Å². The molecule has 8 heteroatoms. The Morgan fingerprint density at radius 2 is 1.36 bits per heavy atom. The van der Waals surface area contributed by atoms with E-state index in [4.69, 9.17) is 0 Å². The lowest BCUT2D eigenvalue weighted by atomic mass is 10.1. The van der Waals surface area contributed by atoms with Gasteiger partial charge in [-0.15, -0.1) is 0 Å². The highest BCUT2D eigenvalue weighted by molar-refractivity contribution is 6.21. The van der Waals surface area contributed by atoms with Crippen molar-refractivity contribution in [2.24, 2.45) is 0 Å². The molecule has 1 aliphatic rings. The molecule has 184 valence electrons. The summed E-state index contributed by atoms with van der Waals surface area (Å²) in [6, 6.07) is 23.5. The molecule has 0 radical (unpaired) electrons. The van der Waals surface area contributed by atoms with Gasteiger partial charge in [-0.25, -0.2) is 0 Å². The Morgan fingerprint density at radius 3 is 1.86 bits per heavy atom. The van der Waals surface area contributed by atoms with Gasteiger partial charge in [0.05, 0.1) is 4.92 Å². The minimum Gasteiger partial charge on any atom is -0.366 e. The summed E-state index contributed by atoms with van der Waals surface area (Å²) in [4.78, 5) is 39.5. The number of hydrogen-bond donors (Lipinski definition) is 2. The van der Waals surface area contributed by atoms with Crippen LogP contribution in [-0.2, 0) is 22.7 Å². The third kappa shape index (κ3) is 6.35. The van der Waals surface area contributed by atoms with Crippen molar-refractivity contribution in [2.45, 2.75) is 25.9 Å². The lowest BCUT2D eigenvalue weighted by Crippen LogP contribution is -2.34. The van der Waals surface area contributed by atoms with Gasteiger partial charge in [-0.2, -0.15) is 0 Å². The summed E-state index contributed by atoms with van der Waals surface area (Å²) in [6.45, 7) is 2.03. The van der Waals surface area contributed by atoms with Crippen molar-refractivity contribution in [3.63, 3.8) is 0 Å². The van der Waals surface area contributed by atoms with Gasteiger partial charge in [0.1, 0.15) is 11.3 Å². The number of carbonyl (C=O) groups excluding carboxylic acids is 2. The third-order valence-electron chi connectivity index (χ3n) is 6.03. The lowest BCUT2D eigenvalue weighted by molar-refractivity contribution is -0.384. The van der Waals surface area contributed by atoms with E-state index in [9.17, 15) is 19.7 Å². The van der Waals surface area contributed by atoms with Crippen molar-refractivity contribution in [1.82, 2.24) is 10.6 Å². The van der Waals surface area contributed by atoms with Gasteiger partial charge in [0, 0.05) is 32.2 Å². The number of benzene rings is 3. The smallest absolute Gasteiger partial charge is 0.293 e. The van der Waals surface area contributed by atoms with E-state index in [1.807, 2.05) is 65.6 Å². The fourth-order valence-electron chi connectivity index (χ4n) is 4.15. The van der Waals surface area contributed by atoms with Crippen LogP contribution in [0.2, 0.25) is 0 Å². The topological polar surface area (TPSA) is 105 Å². The van der Waals surface area contributed by atoms with Gasteiger partial charge in [0.2, 0.25) is 0 Å². The molecule has 36 heavy (non-hydrogen) atoms. The van der Waals surface area contributed by atoms with E-state index in [1.54, 1.807) is 12.1 Å². The molecule has 0 aliphatic carbocycles. The maximum absolute atomic E-state index is 13.1. The van der Waals surface area contributed by atoms with Gasteiger partial charge < -0.3 is 15.5 Å². The number of anilines is 1. The number of carbonyl (C=O) groups is 2. The molecule has 2 N–H and O–H groups in total. The van der Waals surface area contributed by atoms with E-state index in [-0.39, 0.29) is 24.4 Å². The highest BCUT2D eigenvalue weighted by Crippen LogP contribution is 2.32. The highest BCUT2D eigenvalue weighted by atomic mass is 16.6. The van der Waals surface area contributed by atoms with Gasteiger partial charge in [-0.3, -0.25) is 19.7 Å². The van der Waals surface area contributed by atoms with Crippen LogP contribution in [0.25, 0.3) is 6.08 Å². The summed E-state index contributed by atoms with van der Waals surface area (Å²) in [6.07, 6.45) is 3.39. The zero-order valence-corrected chi connectivity index (χ0v) is 19.9. The molecule has 0 aromatic heterocycles. The van der Waals surface area contributed by atoms with Crippen molar-refractivity contribution < 1.29 is 14.5 Å². The predicted octanol–water partition coefficient (Wildman–Crippen LogP) is 4.21. The second-order valence-electron chi connectivity index (χ2n) is 8.59. The number of nitrogens with zero attached hydrogens (tertiary/aromatic N) is 2. The predicted molar refractivity (Wildman–Crippen MR) is 139 cm³/mol. The minimum atomic E-state index is -0.560. The Morgan fingerprint density at radius 1 is 0.833 bits per heavy atom. The second-order valence-corrected chi connectivity index (χ2v) is 8.59. The second kappa shape index (κ2) is 11.8. The molecule has 1 heterocycles. The highest BCUT2D eigenvalue weighted by Gasteiger charge is 2.24. The van der Waals surface area contributed by atoms with Gasteiger partial charge in [-0.05, 0) is 41.7 Å². The van der Waals surface area contributed by atoms with Crippen LogP contribution in [0.5, 0.6) is 0 Å². The van der Waals surface area contributed by atoms with Gasteiger partial charge >= 0.3 is 0 Å². The van der Waals surface area contributed by atoms with E-state index >= 15 is 0 Å². The number of rotatable bonds is 9. The Balaban J connectivity index is 1.60. The van der Waals surface area contributed by atoms with E-state index in [0.717, 1.165) is 37.1 Å². The summed E-state index contributed by atoms with van der Waals surface area (Å²) in [7, 11) is 0. The molecular formula is C28H28N4O4. The molecule has 1 saturated heterocycles. The largest absolute Gasteiger partial charge is 0.366 e. The van der Waals surface area contributed by atoms with Crippen LogP contribution in [0, 0.1) is 10.1 Å². The van der Waals surface area contributed by atoms with Gasteiger partial charge in [0.15, 0.2) is 0 Å². The maximum Gasteiger partial charge on any atom is 0.293 e. The Hall–Kier alpha value is -4.46. The number of nitro groups is 1. The Labute approximate surface area is 209 Å². The van der Waals surface area contributed by atoms with Crippen LogP contribution >= 0.6 is 0 Å². The molecule has 3 aromatic carbocycles. The van der Waals surface area contributed by atoms with E-state index < -0.39 is 16.7 Å². The fourth-order valence-corrected chi connectivity index (χ4v) is 4.15. The maximum atomic E-state index is 13.1. The first kappa shape index (κ1) is 24.7. The van der Waals surface area contributed by atoms with E-state index in [1.165, 1.54) is 12.1 Å². The molecule has 4 rings (SSSR count). The van der Waals surface area contributed by atoms with Crippen molar-refractivity contribution in [3.8, 4) is 0 Å². The summed E-state index contributed by atoms with van der Waals surface area (Å²) in [5, 5.41) is 17.4. The number of nitrogens with one attached hydrogen (secondary N) is 2. The van der Waals surface area contributed by atoms with Crippen LogP contribution in [0.4, 0.5) is 11.4 Å². The zero-order chi connectivity index (χ0) is 25.3. The zero-order valence-electron chi connectivity index (χ0n) is 19.9. The van der Waals surface area contributed by atoms with Crippen LogP contribution in [0.1, 0.15) is 29.5 Å². The normalized spacial score (nSPS) is 12.6. The molecule has 1 aliphatic heterocycles. The molecule has 3 aromatic rings. The molecule has 2 amide bonds. The molecule has 0 unspecified atom stereocenters. The van der Waals surface area contributed by atoms with Crippen LogP contribution in [-0.4, -0.2) is 29.8 Å². The van der Waals surface area contributed by atoms with Crippen LogP contribution < -0.4 is 15.5 Å². The van der Waals surface area contributed by atoms with Crippen molar-refractivity contribution in [1.29, 1.82) is 0 Å². The average Bonchev–Trinajstić information content (AvgIpc) is 3.45. The van der Waals surface area contributed by atoms with Gasteiger partial charge in [-0.1, -0.05) is 66.7 Å². The first-order valence-electron chi connectivity index (χ1n) is 11.9. The molecule has 1 fully saturated rings.